The first-order valence-corrected chi connectivity index (χ1v) is 6.88. The molecule has 1 aliphatic rings. The van der Waals surface area contributed by atoms with Crippen LogP contribution in [0.15, 0.2) is 30.3 Å². The summed E-state index contributed by atoms with van der Waals surface area (Å²) < 4.78 is 24.0. The van der Waals surface area contributed by atoms with Gasteiger partial charge in [-0.05, 0) is 6.07 Å². The number of likely N-dealkylation sites (tertiary alicyclic amines) is 1. The summed E-state index contributed by atoms with van der Waals surface area (Å²) in [5.74, 6) is 0.0169. The molecule has 4 nitrogen and oxygen atoms in total. The number of carbonyl (C=O) groups excluding carboxylic acids is 1. The predicted molar refractivity (Wildman–Crippen MR) is 78.9 cm³/mol. The van der Waals surface area contributed by atoms with E-state index in [0.29, 0.717) is 13.1 Å². The number of ether oxygens (including phenoxy) is 2. The van der Waals surface area contributed by atoms with Gasteiger partial charge >= 0.3 is 5.97 Å². The van der Waals surface area contributed by atoms with Gasteiger partial charge in [0.15, 0.2) is 0 Å². The van der Waals surface area contributed by atoms with E-state index in [1.807, 2.05) is 41.3 Å². The highest BCUT2D eigenvalue weighted by Gasteiger charge is 2.45. The zero-order valence-corrected chi connectivity index (χ0v) is 12.3. The van der Waals surface area contributed by atoms with Crippen LogP contribution >= 0.6 is 0 Å². The third-order valence-corrected chi connectivity index (χ3v) is 3.65. The van der Waals surface area contributed by atoms with Crippen molar-refractivity contribution >= 4 is 12.0 Å². The van der Waals surface area contributed by atoms with E-state index >= 15 is 0 Å². The molecule has 1 heterocycles. The van der Waals surface area contributed by atoms with Gasteiger partial charge in [-0.15, -0.1) is 0 Å². The fourth-order valence-corrected chi connectivity index (χ4v) is 2.49. The number of carbonyl (C=O) groups is 1. The van der Waals surface area contributed by atoms with Gasteiger partial charge in [0, 0.05) is 31.6 Å². The number of nitrogens with zero attached hydrogens (tertiary/aromatic N) is 1. The molecule has 0 spiro atoms. The fraction of sp³-hybridized carbons (Fsp3) is 0.438. The molecule has 1 aliphatic heterocycles. The van der Waals surface area contributed by atoms with Gasteiger partial charge in [-0.1, -0.05) is 30.4 Å². The third kappa shape index (κ3) is 3.61. The Morgan fingerprint density at radius 1 is 1.43 bits per heavy atom. The van der Waals surface area contributed by atoms with Gasteiger partial charge in [0.1, 0.15) is 5.75 Å². The Kier molecular flexibility index (Phi) is 4.96. The maximum atomic E-state index is 14.3. The van der Waals surface area contributed by atoms with E-state index < -0.39 is 11.6 Å². The fourth-order valence-electron chi connectivity index (χ4n) is 2.49. The molecule has 0 unspecified atom stereocenters. The third-order valence-electron chi connectivity index (χ3n) is 3.65. The molecule has 1 atom stereocenters. The first kappa shape index (κ1) is 15.5. The van der Waals surface area contributed by atoms with Gasteiger partial charge in [-0.2, -0.15) is 0 Å². The number of benzene rings is 1. The van der Waals surface area contributed by atoms with Crippen molar-refractivity contribution in [3.05, 3.63) is 35.9 Å². The molecular formula is C16H20FNO3. The highest BCUT2D eigenvalue weighted by molar-refractivity contribution is 5.80. The van der Waals surface area contributed by atoms with E-state index in [4.69, 9.17) is 4.74 Å². The van der Waals surface area contributed by atoms with Gasteiger partial charge in [0.05, 0.1) is 14.2 Å². The summed E-state index contributed by atoms with van der Waals surface area (Å²) in [5.41, 5.74) is -0.897. The Bertz CT molecular complexity index is 532. The summed E-state index contributed by atoms with van der Waals surface area (Å²) in [6.45, 7) is 1.21. The maximum Gasteiger partial charge on any atom is 0.345 e. The number of alkyl halides is 1. The zero-order valence-electron chi connectivity index (χ0n) is 12.3. The van der Waals surface area contributed by atoms with Gasteiger partial charge < -0.3 is 9.47 Å². The number of halogens is 1. The molecule has 0 bridgehead atoms. The van der Waals surface area contributed by atoms with Crippen molar-refractivity contribution in [1.82, 2.24) is 4.90 Å². The van der Waals surface area contributed by atoms with E-state index in [0.717, 1.165) is 11.3 Å². The Balaban J connectivity index is 1.92. The molecule has 1 fully saturated rings. The lowest BCUT2D eigenvalue weighted by Crippen LogP contribution is -2.38. The molecule has 1 aromatic rings. The van der Waals surface area contributed by atoms with E-state index in [2.05, 4.69) is 4.74 Å². The lowest BCUT2D eigenvalue weighted by atomic mass is 10.1. The van der Waals surface area contributed by atoms with Gasteiger partial charge in [-0.3, -0.25) is 4.90 Å². The average Bonchev–Trinajstić information content (AvgIpc) is 2.89. The number of hydrogen-bond donors (Lipinski definition) is 0. The standard InChI is InChI=1S/C16H20FNO3/c1-20-14-8-4-3-6-13(14)7-5-10-18-11-9-16(17,12-18)15(19)21-2/h3-8H,9-12H2,1-2H3/b7-5+/t16-/m1/s1. The van der Waals surface area contributed by atoms with Crippen LogP contribution in [0.3, 0.4) is 0 Å². The van der Waals surface area contributed by atoms with Crippen molar-refractivity contribution in [2.45, 2.75) is 12.1 Å². The summed E-state index contributed by atoms with van der Waals surface area (Å²) >= 11 is 0. The zero-order chi connectivity index (χ0) is 15.3. The van der Waals surface area contributed by atoms with Crippen molar-refractivity contribution < 1.29 is 18.7 Å². The molecule has 21 heavy (non-hydrogen) atoms. The minimum atomic E-state index is -1.87. The monoisotopic (exact) mass is 293 g/mol. The molecule has 0 N–H and O–H groups in total. The maximum absolute atomic E-state index is 14.3. The highest BCUT2D eigenvalue weighted by atomic mass is 19.1. The lowest BCUT2D eigenvalue weighted by Gasteiger charge is -2.17. The Hall–Kier alpha value is -1.88. The number of esters is 1. The van der Waals surface area contributed by atoms with Gasteiger partial charge in [0.2, 0.25) is 5.67 Å². The van der Waals surface area contributed by atoms with Crippen LogP contribution in [0.25, 0.3) is 6.08 Å². The smallest absolute Gasteiger partial charge is 0.345 e. The second-order valence-corrected chi connectivity index (χ2v) is 5.09. The van der Waals surface area contributed by atoms with E-state index in [1.54, 1.807) is 7.11 Å². The van der Waals surface area contributed by atoms with Crippen molar-refractivity contribution in [1.29, 1.82) is 0 Å². The van der Waals surface area contributed by atoms with Gasteiger partial charge in [0.25, 0.3) is 0 Å². The largest absolute Gasteiger partial charge is 0.496 e. The van der Waals surface area contributed by atoms with Crippen molar-refractivity contribution in [2.24, 2.45) is 0 Å². The molecule has 1 aromatic carbocycles. The Labute approximate surface area is 124 Å². The van der Waals surface area contributed by atoms with Crippen LogP contribution in [0.5, 0.6) is 5.75 Å². The van der Waals surface area contributed by atoms with E-state index in [1.165, 1.54) is 7.11 Å². The quantitative estimate of drug-likeness (QED) is 0.781. The van der Waals surface area contributed by atoms with Crippen LogP contribution < -0.4 is 4.74 Å². The second kappa shape index (κ2) is 6.72. The Morgan fingerprint density at radius 2 is 2.19 bits per heavy atom. The van der Waals surface area contributed by atoms with Crippen LogP contribution in [0.2, 0.25) is 0 Å². The molecule has 0 aromatic heterocycles. The molecular weight excluding hydrogens is 273 g/mol. The average molecular weight is 293 g/mol. The Morgan fingerprint density at radius 3 is 2.90 bits per heavy atom. The summed E-state index contributed by atoms with van der Waals surface area (Å²) in [5, 5.41) is 0. The summed E-state index contributed by atoms with van der Waals surface area (Å²) in [4.78, 5) is 13.3. The lowest BCUT2D eigenvalue weighted by molar-refractivity contribution is -0.153. The molecule has 0 amide bonds. The van der Waals surface area contributed by atoms with Crippen molar-refractivity contribution in [3.8, 4) is 5.75 Å². The molecule has 114 valence electrons. The first-order chi connectivity index (χ1) is 10.1. The summed E-state index contributed by atoms with van der Waals surface area (Å²) in [7, 11) is 2.84. The van der Waals surface area contributed by atoms with Crippen molar-refractivity contribution in [2.75, 3.05) is 33.9 Å². The molecule has 0 saturated carbocycles. The molecule has 2 rings (SSSR count). The van der Waals surface area contributed by atoms with Crippen LogP contribution in [0, 0.1) is 0 Å². The van der Waals surface area contributed by atoms with Gasteiger partial charge in [-0.25, -0.2) is 9.18 Å². The second-order valence-electron chi connectivity index (χ2n) is 5.09. The number of para-hydroxylation sites is 1. The van der Waals surface area contributed by atoms with Crippen LogP contribution in [-0.4, -0.2) is 50.4 Å². The van der Waals surface area contributed by atoms with E-state index in [9.17, 15) is 9.18 Å². The normalized spacial score (nSPS) is 22.6. The molecule has 0 aliphatic carbocycles. The number of hydrogen-bond acceptors (Lipinski definition) is 4. The number of methoxy groups -OCH3 is 2. The molecule has 5 heteroatoms. The van der Waals surface area contributed by atoms with Crippen LogP contribution in [0.4, 0.5) is 4.39 Å². The SMILES string of the molecule is COC(=O)[C@@]1(F)CCN(C/C=C/c2ccccc2OC)C1. The minimum Gasteiger partial charge on any atom is -0.496 e. The highest BCUT2D eigenvalue weighted by Crippen LogP contribution is 2.27. The van der Waals surface area contributed by atoms with Crippen LogP contribution in [0.1, 0.15) is 12.0 Å². The van der Waals surface area contributed by atoms with E-state index in [-0.39, 0.29) is 13.0 Å². The van der Waals surface area contributed by atoms with Crippen LogP contribution in [-0.2, 0) is 9.53 Å². The number of rotatable bonds is 5. The molecule has 1 saturated heterocycles. The predicted octanol–water partition coefficient (Wildman–Crippen LogP) is 2.30. The minimum absolute atomic E-state index is 0.0793. The summed E-state index contributed by atoms with van der Waals surface area (Å²) in [6.07, 6.45) is 4.07. The topological polar surface area (TPSA) is 38.8 Å². The molecule has 0 radical (unpaired) electrons. The van der Waals surface area contributed by atoms with Crippen molar-refractivity contribution in [3.63, 3.8) is 0 Å². The first-order valence-electron chi connectivity index (χ1n) is 6.88. The summed E-state index contributed by atoms with van der Waals surface area (Å²) in [6, 6.07) is 7.68.